The highest BCUT2D eigenvalue weighted by Crippen LogP contribution is 2.23. The topological polar surface area (TPSA) is 75.9 Å². The second-order valence-corrected chi connectivity index (χ2v) is 8.63. The van der Waals surface area contributed by atoms with Gasteiger partial charge in [-0.05, 0) is 49.4 Å². The van der Waals surface area contributed by atoms with E-state index < -0.39 is 0 Å². The number of nitrogens with zero attached hydrogens (tertiary/aromatic N) is 3. The Morgan fingerprint density at radius 3 is 2.45 bits per heavy atom. The van der Waals surface area contributed by atoms with Crippen molar-refractivity contribution < 1.29 is 18.8 Å². The van der Waals surface area contributed by atoms with E-state index in [-0.39, 0.29) is 24.1 Å². The Hall–Kier alpha value is -3.13. The molecule has 0 N–H and O–H groups in total. The maximum absolute atomic E-state index is 13.1. The van der Waals surface area contributed by atoms with Gasteiger partial charge in [0.2, 0.25) is 0 Å². The molecule has 4 rings (SSSR count). The van der Waals surface area contributed by atoms with Gasteiger partial charge in [0, 0.05) is 26.2 Å². The standard InChI is InChI=1S/C23H25N3O4S/c1-15-6-7-16(2)19(13-15)29-14-18-17(3)30-24-21(18)23(28)26-10-8-25(9-11-26)22(27)20-5-4-12-31-20/h4-7,12-13H,8-11,14H2,1-3H3. The quantitative estimate of drug-likeness (QED) is 0.604. The van der Waals surface area contributed by atoms with E-state index in [1.807, 2.05) is 49.6 Å². The van der Waals surface area contributed by atoms with Crippen LogP contribution >= 0.6 is 11.3 Å². The molecule has 0 bridgehead atoms. The van der Waals surface area contributed by atoms with E-state index >= 15 is 0 Å². The minimum absolute atomic E-state index is 0.0157. The average Bonchev–Trinajstić information content (AvgIpc) is 3.44. The van der Waals surface area contributed by atoms with Gasteiger partial charge in [-0.2, -0.15) is 0 Å². The van der Waals surface area contributed by atoms with Crippen molar-refractivity contribution in [2.45, 2.75) is 27.4 Å². The molecule has 1 aromatic carbocycles. The molecular formula is C23H25N3O4S. The number of benzene rings is 1. The summed E-state index contributed by atoms with van der Waals surface area (Å²) >= 11 is 1.43. The third-order valence-corrected chi connectivity index (χ3v) is 6.35. The lowest BCUT2D eigenvalue weighted by Gasteiger charge is -2.34. The van der Waals surface area contributed by atoms with Crippen LogP contribution < -0.4 is 4.74 Å². The molecule has 0 saturated carbocycles. The van der Waals surface area contributed by atoms with Crippen molar-refractivity contribution >= 4 is 23.2 Å². The van der Waals surface area contributed by atoms with Crippen molar-refractivity contribution in [3.63, 3.8) is 0 Å². The molecule has 1 saturated heterocycles. The predicted molar refractivity (Wildman–Crippen MR) is 118 cm³/mol. The first-order chi connectivity index (χ1) is 14.9. The van der Waals surface area contributed by atoms with Crippen LogP contribution in [0.25, 0.3) is 0 Å². The van der Waals surface area contributed by atoms with Crippen LogP contribution in [-0.4, -0.2) is 52.9 Å². The zero-order valence-electron chi connectivity index (χ0n) is 17.9. The summed E-state index contributed by atoms with van der Waals surface area (Å²) in [7, 11) is 0. The number of rotatable bonds is 5. The Balaban J connectivity index is 1.42. The molecule has 0 unspecified atom stereocenters. The van der Waals surface area contributed by atoms with Crippen molar-refractivity contribution in [3.05, 3.63) is 68.7 Å². The van der Waals surface area contributed by atoms with E-state index in [1.54, 1.807) is 16.7 Å². The monoisotopic (exact) mass is 439 g/mol. The van der Waals surface area contributed by atoms with Gasteiger partial charge in [0.25, 0.3) is 11.8 Å². The highest BCUT2D eigenvalue weighted by molar-refractivity contribution is 7.12. The third kappa shape index (κ3) is 4.49. The molecule has 0 radical (unpaired) electrons. The molecule has 3 aromatic rings. The molecule has 1 aliphatic rings. The summed E-state index contributed by atoms with van der Waals surface area (Å²) in [6.07, 6.45) is 0. The van der Waals surface area contributed by atoms with Crippen LogP contribution in [0.1, 0.15) is 42.6 Å². The van der Waals surface area contributed by atoms with Gasteiger partial charge in [0.05, 0.1) is 10.4 Å². The van der Waals surface area contributed by atoms with Crippen molar-refractivity contribution in [3.8, 4) is 5.75 Å². The fourth-order valence-electron chi connectivity index (χ4n) is 3.56. The summed E-state index contributed by atoms with van der Waals surface area (Å²) in [6.45, 7) is 7.88. The van der Waals surface area contributed by atoms with Gasteiger partial charge >= 0.3 is 0 Å². The molecule has 8 heteroatoms. The first-order valence-electron chi connectivity index (χ1n) is 10.2. The Morgan fingerprint density at radius 2 is 1.77 bits per heavy atom. The molecule has 2 amide bonds. The Labute approximate surface area is 185 Å². The SMILES string of the molecule is Cc1ccc(C)c(OCc2c(C(=O)N3CCN(C(=O)c4cccs4)CC3)noc2C)c1. The lowest BCUT2D eigenvalue weighted by molar-refractivity contribution is 0.0531. The number of carbonyl (C=O) groups is 2. The second-order valence-electron chi connectivity index (χ2n) is 7.69. The molecule has 1 fully saturated rings. The van der Waals surface area contributed by atoms with Gasteiger partial charge in [-0.25, -0.2) is 0 Å². The van der Waals surface area contributed by atoms with Gasteiger partial charge in [-0.3, -0.25) is 9.59 Å². The van der Waals surface area contributed by atoms with Crippen LogP contribution in [0.2, 0.25) is 0 Å². The van der Waals surface area contributed by atoms with Gasteiger partial charge < -0.3 is 19.1 Å². The number of hydrogen-bond donors (Lipinski definition) is 0. The molecule has 2 aromatic heterocycles. The fourth-order valence-corrected chi connectivity index (χ4v) is 4.25. The summed E-state index contributed by atoms with van der Waals surface area (Å²) in [4.78, 5) is 29.9. The van der Waals surface area contributed by atoms with Crippen LogP contribution in [-0.2, 0) is 6.61 Å². The van der Waals surface area contributed by atoms with E-state index in [0.29, 0.717) is 37.5 Å². The van der Waals surface area contributed by atoms with E-state index in [1.165, 1.54) is 11.3 Å². The van der Waals surface area contributed by atoms with Crippen molar-refractivity contribution in [1.82, 2.24) is 15.0 Å². The van der Waals surface area contributed by atoms with Crippen LogP contribution in [0, 0.1) is 20.8 Å². The molecule has 0 aliphatic carbocycles. The third-order valence-electron chi connectivity index (χ3n) is 5.49. The first kappa shape index (κ1) is 21.1. The van der Waals surface area contributed by atoms with Crippen molar-refractivity contribution in [2.24, 2.45) is 0 Å². The van der Waals surface area contributed by atoms with E-state index in [9.17, 15) is 9.59 Å². The number of carbonyl (C=O) groups excluding carboxylic acids is 2. The van der Waals surface area contributed by atoms with Crippen molar-refractivity contribution in [1.29, 1.82) is 0 Å². The van der Waals surface area contributed by atoms with Crippen LogP contribution in [0.15, 0.2) is 40.2 Å². The fraction of sp³-hybridized carbons (Fsp3) is 0.348. The molecule has 7 nitrogen and oxygen atoms in total. The molecule has 162 valence electrons. The summed E-state index contributed by atoms with van der Waals surface area (Å²) in [5, 5.41) is 5.90. The summed E-state index contributed by atoms with van der Waals surface area (Å²) < 4.78 is 11.3. The molecule has 0 atom stereocenters. The number of ether oxygens (including phenoxy) is 1. The number of aromatic nitrogens is 1. The number of aryl methyl sites for hydroxylation is 3. The van der Waals surface area contributed by atoms with Gasteiger partial charge in [0.15, 0.2) is 5.69 Å². The highest BCUT2D eigenvalue weighted by atomic mass is 32.1. The average molecular weight is 440 g/mol. The lowest BCUT2D eigenvalue weighted by Crippen LogP contribution is -2.50. The summed E-state index contributed by atoms with van der Waals surface area (Å²) in [5.41, 5.74) is 3.07. The first-order valence-corrected chi connectivity index (χ1v) is 11.1. The number of thiophene rings is 1. The largest absolute Gasteiger partial charge is 0.488 e. The van der Waals surface area contributed by atoms with E-state index in [2.05, 4.69) is 5.16 Å². The zero-order valence-corrected chi connectivity index (χ0v) is 18.7. The normalized spacial score (nSPS) is 14.0. The van der Waals surface area contributed by atoms with E-state index in [4.69, 9.17) is 9.26 Å². The molecule has 31 heavy (non-hydrogen) atoms. The summed E-state index contributed by atoms with van der Waals surface area (Å²) in [5.74, 6) is 1.17. The molecular weight excluding hydrogens is 414 g/mol. The highest BCUT2D eigenvalue weighted by Gasteiger charge is 2.29. The van der Waals surface area contributed by atoms with Crippen LogP contribution in [0.5, 0.6) is 5.75 Å². The van der Waals surface area contributed by atoms with Gasteiger partial charge in [-0.1, -0.05) is 23.4 Å². The molecule has 3 heterocycles. The lowest BCUT2D eigenvalue weighted by atomic mass is 10.1. The number of piperazine rings is 1. The molecule has 0 spiro atoms. The van der Waals surface area contributed by atoms with Crippen LogP contribution in [0.4, 0.5) is 0 Å². The Kier molecular flexibility index (Phi) is 6.08. The van der Waals surface area contributed by atoms with Gasteiger partial charge in [-0.15, -0.1) is 11.3 Å². The molecule has 1 aliphatic heterocycles. The van der Waals surface area contributed by atoms with Crippen LogP contribution in [0.3, 0.4) is 0 Å². The minimum Gasteiger partial charge on any atom is -0.488 e. The Morgan fingerprint density at radius 1 is 1.06 bits per heavy atom. The second kappa shape index (κ2) is 8.93. The zero-order chi connectivity index (χ0) is 22.0. The van der Waals surface area contributed by atoms with Gasteiger partial charge in [0.1, 0.15) is 18.1 Å². The smallest absolute Gasteiger partial charge is 0.276 e. The maximum atomic E-state index is 13.1. The predicted octanol–water partition coefficient (Wildman–Crippen LogP) is 3.84. The number of amides is 2. The van der Waals surface area contributed by atoms with Crippen molar-refractivity contribution in [2.75, 3.05) is 26.2 Å². The minimum atomic E-state index is -0.195. The Bertz CT molecular complexity index is 1080. The maximum Gasteiger partial charge on any atom is 0.276 e. The number of hydrogen-bond acceptors (Lipinski definition) is 6. The summed E-state index contributed by atoms with van der Waals surface area (Å²) in [6, 6.07) is 9.71. The van der Waals surface area contributed by atoms with E-state index in [0.717, 1.165) is 21.8 Å².